The van der Waals surface area contributed by atoms with Crippen molar-refractivity contribution in [3.05, 3.63) is 47.3 Å². The fourth-order valence-corrected chi connectivity index (χ4v) is 1.96. The molecule has 1 aromatic heterocycles. The number of aryl methyl sites for hydroxylation is 1. The highest BCUT2D eigenvalue weighted by Gasteiger charge is 2.11. The largest absolute Gasteiger partial charge is 0.396 e. The van der Waals surface area contributed by atoms with Crippen LogP contribution in [0.2, 0.25) is 0 Å². The molecule has 0 saturated heterocycles. The number of hydrogen-bond acceptors (Lipinski definition) is 4. The number of nitrogens with zero attached hydrogens (tertiary/aromatic N) is 4. The lowest BCUT2D eigenvalue weighted by Gasteiger charge is -2.17. The number of carbonyl (C=O) groups excluding carboxylic acids is 1. The number of likely N-dealkylation sites (N-methyl/N-ethyl adjacent to an activating group) is 1. The quantitative estimate of drug-likeness (QED) is 0.852. The maximum absolute atomic E-state index is 12.1. The molecular weight excluding hydrogens is 268 g/mol. The summed E-state index contributed by atoms with van der Waals surface area (Å²) in [5.74, 6) is -0.0315. The van der Waals surface area contributed by atoms with Gasteiger partial charge in [-0.1, -0.05) is 35.0 Å². The minimum absolute atomic E-state index is 0.0277. The Bertz CT molecular complexity index is 592. The molecule has 0 bridgehead atoms. The molecule has 0 saturated carbocycles. The number of rotatable bonds is 6. The molecule has 1 N–H and O–H groups in total. The second-order valence-corrected chi connectivity index (χ2v) is 5.12. The second-order valence-electron chi connectivity index (χ2n) is 5.12. The summed E-state index contributed by atoms with van der Waals surface area (Å²) in [5.41, 5.74) is 2.98. The van der Waals surface area contributed by atoms with E-state index in [1.54, 1.807) is 18.1 Å². The van der Waals surface area contributed by atoms with E-state index in [9.17, 15) is 4.79 Å². The van der Waals surface area contributed by atoms with Gasteiger partial charge in [-0.05, 0) is 12.5 Å². The van der Waals surface area contributed by atoms with Gasteiger partial charge in [-0.25, -0.2) is 4.68 Å². The molecule has 112 valence electrons. The summed E-state index contributed by atoms with van der Waals surface area (Å²) < 4.78 is 1.50. The maximum Gasteiger partial charge on any atom is 0.244 e. The molecule has 0 aliphatic heterocycles. The molecule has 0 atom stereocenters. The Balaban J connectivity index is 1.90. The molecule has 0 unspecified atom stereocenters. The molecule has 0 aliphatic carbocycles. The van der Waals surface area contributed by atoms with Crippen molar-refractivity contribution in [2.75, 3.05) is 13.7 Å². The average molecular weight is 288 g/mol. The van der Waals surface area contributed by atoms with Crippen LogP contribution in [0.4, 0.5) is 0 Å². The minimum atomic E-state index is -0.0315. The van der Waals surface area contributed by atoms with Crippen LogP contribution < -0.4 is 0 Å². The van der Waals surface area contributed by atoms with E-state index < -0.39 is 0 Å². The summed E-state index contributed by atoms with van der Waals surface area (Å²) in [4.78, 5) is 13.8. The Kier molecular flexibility index (Phi) is 5.05. The van der Waals surface area contributed by atoms with E-state index in [1.807, 2.05) is 31.2 Å². The number of aliphatic hydroxyl groups excluding tert-OH is 1. The third-order valence-electron chi connectivity index (χ3n) is 3.22. The van der Waals surface area contributed by atoms with E-state index in [4.69, 9.17) is 5.11 Å². The van der Waals surface area contributed by atoms with Gasteiger partial charge in [0.1, 0.15) is 6.54 Å². The summed E-state index contributed by atoms with van der Waals surface area (Å²) in [5, 5.41) is 16.6. The first-order valence-corrected chi connectivity index (χ1v) is 6.88. The topological polar surface area (TPSA) is 71.2 Å². The third kappa shape index (κ3) is 4.39. The number of carbonyl (C=O) groups is 1. The summed E-state index contributed by atoms with van der Waals surface area (Å²) in [6, 6.07) is 8.11. The summed E-state index contributed by atoms with van der Waals surface area (Å²) in [6.45, 7) is 2.78. The number of amides is 1. The lowest BCUT2D eigenvalue weighted by atomic mass is 10.1. The fraction of sp³-hybridized carbons (Fsp3) is 0.400. The summed E-state index contributed by atoms with van der Waals surface area (Å²) in [7, 11) is 1.77. The van der Waals surface area contributed by atoms with Crippen molar-refractivity contribution in [1.82, 2.24) is 19.9 Å². The molecule has 0 fully saturated rings. The Morgan fingerprint density at radius 2 is 2.05 bits per heavy atom. The highest BCUT2D eigenvalue weighted by atomic mass is 16.3. The zero-order valence-corrected chi connectivity index (χ0v) is 12.4. The molecule has 2 aromatic rings. The predicted octanol–water partition coefficient (Wildman–Crippen LogP) is 0.780. The molecule has 6 nitrogen and oxygen atoms in total. The Morgan fingerprint density at radius 3 is 2.71 bits per heavy atom. The van der Waals surface area contributed by atoms with E-state index in [-0.39, 0.29) is 19.1 Å². The van der Waals surface area contributed by atoms with Gasteiger partial charge in [-0.2, -0.15) is 0 Å². The lowest BCUT2D eigenvalue weighted by Crippen LogP contribution is -2.30. The Hall–Kier alpha value is -2.21. The molecule has 0 spiro atoms. The van der Waals surface area contributed by atoms with Gasteiger partial charge in [0.2, 0.25) is 5.91 Å². The fourth-order valence-electron chi connectivity index (χ4n) is 1.96. The van der Waals surface area contributed by atoms with E-state index in [0.717, 1.165) is 5.56 Å². The molecule has 1 aromatic carbocycles. The van der Waals surface area contributed by atoms with Crippen molar-refractivity contribution in [2.24, 2.45) is 0 Å². The van der Waals surface area contributed by atoms with Crippen LogP contribution in [0.3, 0.4) is 0 Å². The zero-order valence-electron chi connectivity index (χ0n) is 12.4. The monoisotopic (exact) mass is 288 g/mol. The van der Waals surface area contributed by atoms with Crippen LogP contribution in [-0.4, -0.2) is 44.6 Å². The average Bonchev–Trinajstić information content (AvgIpc) is 2.89. The number of aromatic nitrogens is 3. The number of aliphatic hydroxyl groups is 1. The molecule has 0 aliphatic rings. The van der Waals surface area contributed by atoms with Gasteiger partial charge in [0.05, 0.1) is 5.69 Å². The van der Waals surface area contributed by atoms with Crippen molar-refractivity contribution >= 4 is 5.91 Å². The van der Waals surface area contributed by atoms with Crippen LogP contribution >= 0.6 is 0 Å². The highest BCUT2D eigenvalue weighted by Crippen LogP contribution is 2.06. The first kappa shape index (κ1) is 15.2. The standard InChI is InChI=1S/C15H20N4O2/c1-12-3-5-13(6-4-12)9-18(2)15(21)11-19-10-14(7-8-20)16-17-19/h3-6,10,20H,7-9,11H2,1-2H3. The van der Waals surface area contributed by atoms with Crippen molar-refractivity contribution in [1.29, 1.82) is 0 Å². The maximum atomic E-state index is 12.1. The molecule has 1 heterocycles. The predicted molar refractivity (Wildman–Crippen MR) is 78.5 cm³/mol. The number of hydrogen-bond donors (Lipinski definition) is 1. The van der Waals surface area contributed by atoms with E-state index in [1.165, 1.54) is 10.2 Å². The van der Waals surface area contributed by atoms with E-state index in [0.29, 0.717) is 18.7 Å². The highest BCUT2D eigenvalue weighted by molar-refractivity contribution is 5.75. The Labute approximate surface area is 124 Å². The van der Waals surface area contributed by atoms with E-state index >= 15 is 0 Å². The lowest BCUT2D eigenvalue weighted by molar-refractivity contribution is -0.131. The van der Waals surface area contributed by atoms with E-state index in [2.05, 4.69) is 10.3 Å². The SMILES string of the molecule is Cc1ccc(CN(C)C(=O)Cn2cc(CCO)nn2)cc1. The van der Waals surface area contributed by atoms with Crippen LogP contribution in [0.1, 0.15) is 16.8 Å². The first-order valence-electron chi connectivity index (χ1n) is 6.88. The molecule has 21 heavy (non-hydrogen) atoms. The van der Waals surface area contributed by atoms with Crippen LogP contribution in [0.15, 0.2) is 30.5 Å². The Morgan fingerprint density at radius 1 is 1.33 bits per heavy atom. The van der Waals surface area contributed by atoms with Crippen molar-refractivity contribution in [3.63, 3.8) is 0 Å². The van der Waals surface area contributed by atoms with Gasteiger partial charge >= 0.3 is 0 Å². The van der Waals surface area contributed by atoms with Gasteiger partial charge in [0.25, 0.3) is 0 Å². The van der Waals surface area contributed by atoms with Crippen molar-refractivity contribution < 1.29 is 9.90 Å². The summed E-state index contributed by atoms with van der Waals surface area (Å²) in [6.07, 6.45) is 2.14. The van der Waals surface area contributed by atoms with Gasteiger partial charge < -0.3 is 10.0 Å². The van der Waals surface area contributed by atoms with Gasteiger partial charge in [0, 0.05) is 32.8 Å². The second kappa shape index (κ2) is 6.99. The molecule has 6 heteroatoms. The molecule has 2 rings (SSSR count). The smallest absolute Gasteiger partial charge is 0.244 e. The minimum Gasteiger partial charge on any atom is -0.396 e. The van der Waals surface area contributed by atoms with Gasteiger partial charge in [-0.15, -0.1) is 5.10 Å². The zero-order chi connectivity index (χ0) is 15.2. The van der Waals surface area contributed by atoms with Crippen LogP contribution in [0.5, 0.6) is 0 Å². The van der Waals surface area contributed by atoms with Gasteiger partial charge in [0.15, 0.2) is 0 Å². The van der Waals surface area contributed by atoms with Crippen molar-refractivity contribution in [2.45, 2.75) is 26.4 Å². The first-order chi connectivity index (χ1) is 10.1. The molecule has 1 amide bonds. The third-order valence-corrected chi connectivity index (χ3v) is 3.22. The van der Waals surface area contributed by atoms with Gasteiger partial charge in [-0.3, -0.25) is 4.79 Å². The normalized spacial score (nSPS) is 10.6. The number of benzene rings is 1. The van der Waals surface area contributed by atoms with Crippen LogP contribution in [-0.2, 0) is 24.3 Å². The summed E-state index contributed by atoms with van der Waals surface area (Å²) >= 11 is 0. The van der Waals surface area contributed by atoms with Crippen LogP contribution in [0, 0.1) is 6.92 Å². The molecular formula is C15H20N4O2. The van der Waals surface area contributed by atoms with Crippen molar-refractivity contribution in [3.8, 4) is 0 Å². The molecule has 0 radical (unpaired) electrons. The van der Waals surface area contributed by atoms with Crippen LogP contribution in [0.25, 0.3) is 0 Å².